The monoisotopic (exact) mass is 299 g/mol. The molecule has 1 fully saturated rings. The van der Waals surface area contributed by atoms with Crippen molar-refractivity contribution in [2.45, 2.75) is 51.1 Å². The van der Waals surface area contributed by atoms with Gasteiger partial charge in [-0.15, -0.1) is 0 Å². The Labute approximate surface area is 121 Å². The van der Waals surface area contributed by atoms with Gasteiger partial charge in [0.1, 0.15) is 0 Å². The first-order valence-corrected chi connectivity index (χ1v) is 8.83. The fourth-order valence-electron chi connectivity index (χ4n) is 2.96. The number of hydrogen-bond donors (Lipinski definition) is 2. The van der Waals surface area contributed by atoms with Gasteiger partial charge in [0.05, 0.1) is 4.90 Å². The molecular formula is C14H25N3O2S. The highest BCUT2D eigenvalue weighted by molar-refractivity contribution is 7.89. The zero-order valence-corrected chi connectivity index (χ0v) is 13.1. The van der Waals surface area contributed by atoms with Crippen LogP contribution in [0.15, 0.2) is 17.2 Å². The summed E-state index contributed by atoms with van der Waals surface area (Å²) in [5, 5.41) is 0. The third kappa shape index (κ3) is 3.42. The summed E-state index contributed by atoms with van der Waals surface area (Å²) in [6.07, 6.45) is 5.11. The fourth-order valence-corrected chi connectivity index (χ4v) is 4.14. The van der Waals surface area contributed by atoms with Gasteiger partial charge >= 0.3 is 0 Å². The fraction of sp³-hybridized carbons (Fsp3) is 0.714. The van der Waals surface area contributed by atoms with Crippen LogP contribution in [-0.4, -0.2) is 19.5 Å². The van der Waals surface area contributed by atoms with Crippen LogP contribution in [-0.2, 0) is 23.1 Å². The largest absolute Gasteiger partial charge is 0.349 e. The highest BCUT2D eigenvalue weighted by Crippen LogP contribution is 2.30. The van der Waals surface area contributed by atoms with E-state index in [-0.39, 0.29) is 0 Å². The lowest BCUT2D eigenvalue weighted by Gasteiger charge is -2.10. The van der Waals surface area contributed by atoms with Crippen LogP contribution in [0, 0.1) is 11.8 Å². The van der Waals surface area contributed by atoms with E-state index in [0.717, 1.165) is 31.0 Å². The van der Waals surface area contributed by atoms with Gasteiger partial charge in [0.25, 0.3) is 0 Å². The van der Waals surface area contributed by atoms with Crippen LogP contribution in [0.3, 0.4) is 0 Å². The second-order valence-corrected chi connectivity index (χ2v) is 7.56. The van der Waals surface area contributed by atoms with E-state index < -0.39 is 10.0 Å². The molecule has 5 nitrogen and oxygen atoms in total. The average Bonchev–Trinajstić information content (AvgIpc) is 3.02. The molecule has 0 radical (unpaired) electrons. The molecule has 1 aliphatic carbocycles. The van der Waals surface area contributed by atoms with Crippen LogP contribution in [0.25, 0.3) is 0 Å². The SMILES string of the molecule is CCn1cc(S(=O)(=O)NCC2CCC(C)C2)cc1CN. The molecule has 1 aromatic heterocycles. The van der Waals surface area contributed by atoms with E-state index in [2.05, 4.69) is 11.6 Å². The highest BCUT2D eigenvalue weighted by Gasteiger charge is 2.24. The Morgan fingerprint density at radius 1 is 1.45 bits per heavy atom. The number of aryl methyl sites for hydroxylation is 1. The zero-order valence-electron chi connectivity index (χ0n) is 12.3. The maximum atomic E-state index is 12.3. The normalized spacial score (nSPS) is 23.4. The van der Waals surface area contributed by atoms with E-state index >= 15 is 0 Å². The number of rotatable bonds is 6. The van der Waals surface area contributed by atoms with Gasteiger partial charge in [0.15, 0.2) is 0 Å². The predicted octanol–water partition coefficient (Wildman–Crippen LogP) is 1.68. The Hall–Kier alpha value is -0.850. The minimum absolute atomic E-state index is 0.325. The Morgan fingerprint density at radius 2 is 2.20 bits per heavy atom. The number of hydrogen-bond acceptors (Lipinski definition) is 3. The van der Waals surface area contributed by atoms with Crippen molar-refractivity contribution in [1.29, 1.82) is 0 Å². The summed E-state index contributed by atoms with van der Waals surface area (Å²) >= 11 is 0. The van der Waals surface area contributed by atoms with E-state index in [0.29, 0.717) is 23.9 Å². The van der Waals surface area contributed by atoms with Crippen molar-refractivity contribution in [2.75, 3.05) is 6.54 Å². The summed E-state index contributed by atoms with van der Waals surface area (Å²) in [6, 6.07) is 1.67. The van der Waals surface area contributed by atoms with Crippen molar-refractivity contribution in [1.82, 2.24) is 9.29 Å². The molecule has 2 atom stereocenters. The molecule has 20 heavy (non-hydrogen) atoms. The van der Waals surface area contributed by atoms with Gasteiger partial charge in [-0.3, -0.25) is 0 Å². The highest BCUT2D eigenvalue weighted by atomic mass is 32.2. The van der Waals surface area contributed by atoms with Gasteiger partial charge in [0, 0.05) is 31.5 Å². The minimum atomic E-state index is -3.41. The molecule has 0 aromatic carbocycles. The minimum Gasteiger partial charge on any atom is -0.349 e. The van der Waals surface area contributed by atoms with Crippen molar-refractivity contribution in [3.63, 3.8) is 0 Å². The third-order valence-electron chi connectivity index (χ3n) is 4.19. The van der Waals surface area contributed by atoms with Crippen LogP contribution >= 0.6 is 0 Å². The summed E-state index contributed by atoms with van der Waals surface area (Å²) in [4.78, 5) is 0.325. The van der Waals surface area contributed by atoms with E-state index in [1.54, 1.807) is 12.3 Å². The number of nitrogens with zero attached hydrogens (tertiary/aromatic N) is 1. The first-order valence-electron chi connectivity index (χ1n) is 7.35. The molecule has 6 heteroatoms. The van der Waals surface area contributed by atoms with Crippen LogP contribution in [0.1, 0.15) is 38.8 Å². The summed E-state index contributed by atoms with van der Waals surface area (Å²) in [5.41, 5.74) is 6.48. The van der Waals surface area contributed by atoms with E-state index in [1.165, 1.54) is 6.42 Å². The van der Waals surface area contributed by atoms with Crippen molar-refractivity contribution in [3.05, 3.63) is 18.0 Å². The van der Waals surface area contributed by atoms with E-state index in [4.69, 9.17) is 5.73 Å². The molecule has 0 aliphatic heterocycles. The van der Waals surface area contributed by atoms with Crippen LogP contribution in [0.2, 0.25) is 0 Å². The average molecular weight is 299 g/mol. The summed E-state index contributed by atoms with van der Waals surface area (Å²) in [6.45, 7) is 5.82. The Kier molecular flexibility index (Phi) is 4.88. The number of nitrogens with one attached hydrogen (secondary N) is 1. The molecule has 0 amide bonds. The number of nitrogens with two attached hydrogens (primary N) is 1. The summed E-state index contributed by atoms with van der Waals surface area (Å²) in [7, 11) is -3.41. The van der Waals surface area contributed by atoms with Crippen molar-refractivity contribution < 1.29 is 8.42 Å². The van der Waals surface area contributed by atoms with Crippen molar-refractivity contribution in [2.24, 2.45) is 17.6 Å². The molecule has 0 spiro atoms. The predicted molar refractivity (Wildman–Crippen MR) is 79.7 cm³/mol. The van der Waals surface area contributed by atoms with Gasteiger partial charge in [-0.1, -0.05) is 13.3 Å². The van der Waals surface area contributed by atoms with Gasteiger partial charge in [-0.2, -0.15) is 0 Å². The molecular weight excluding hydrogens is 274 g/mol. The maximum absolute atomic E-state index is 12.3. The molecule has 114 valence electrons. The lowest BCUT2D eigenvalue weighted by Crippen LogP contribution is -2.28. The van der Waals surface area contributed by atoms with Gasteiger partial charge in [-0.05, 0) is 37.7 Å². The smallest absolute Gasteiger partial charge is 0.242 e. The second-order valence-electron chi connectivity index (χ2n) is 5.79. The standard InChI is InChI=1S/C14H25N3O2S/c1-3-17-10-14(7-13(17)8-15)20(18,19)16-9-12-5-4-11(2)6-12/h7,10-12,16H,3-6,8-9,15H2,1-2H3. The first kappa shape index (κ1) is 15.5. The Bertz CT molecular complexity index is 529. The molecule has 3 N–H and O–H groups in total. The molecule has 1 heterocycles. The topological polar surface area (TPSA) is 77.1 Å². The quantitative estimate of drug-likeness (QED) is 0.839. The molecule has 1 aromatic rings. The molecule has 0 bridgehead atoms. The Morgan fingerprint density at radius 3 is 2.70 bits per heavy atom. The van der Waals surface area contributed by atoms with Crippen LogP contribution in [0.5, 0.6) is 0 Å². The zero-order chi connectivity index (χ0) is 14.8. The van der Waals surface area contributed by atoms with E-state index in [9.17, 15) is 8.42 Å². The maximum Gasteiger partial charge on any atom is 0.242 e. The number of aromatic nitrogens is 1. The summed E-state index contributed by atoms with van der Waals surface area (Å²) < 4.78 is 29.2. The van der Waals surface area contributed by atoms with E-state index in [1.807, 2.05) is 11.5 Å². The van der Waals surface area contributed by atoms with Gasteiger partial charge in [0.2, 0.25) is 10.0 Å². The van der Waals surface area contributed by atoms with Crippen molar-refractivity contribution in [3.8, 4) is 0 Å². The van der Waals surface area contributed by atoms with Gasteiger partial charge in [-0.25, -0.2) is 13.1 Å². The third-order valence-corrected chi connectivity index (χ3v) is 5.58. The van der Waals surface area contributed by atoms with Crippen molar-refractivity contribution >= 4 is 10.0 Å². The molecule has 0 saturated heterocycles. The second kappa shape index (κ2) is 6.28. The lowest BCUT2D eigenvalue weighted by atomic mass is 10.1. The van der Waals surface area contributed by atoms with Crippen LogP contribution in [0.4, 0.5) is 0 Å². The van der Waals surface area contributed by atoms with Gasteiger partial charge < -0.3 is 10.3 Å². The molecule has 1 saturated carbocycles. The molecule has 1 aliphatic rings. The molecule has 2 rings (SSSR count). The number of sulfonamides is 1. The van der Waals surface area contributed by atoms with Crippen LogP contribution < -0.4 is 10.5 Å². The Balaban J connectivity index is 2.04. The molecule has 2 unspecified atom stereocenters. The first-order chi connectivity index (χ1) is 9.46. The lowest BCUT2D eigenvalue weighted by molar-refractivity contribution is 0.498. The summed E-state index contributed by atoms with van der Waals surface area (Å²) in [5.74, 6) is 1.19.